The van der Waals surface area contributed by atoms with Crippen molar-refractivity contribution in [3.63, 3.8) is 0 Å². The zero-order valence-corrected chi connectivity index (χ0v) is 12.5. The van der Waals surface area contributed by atoms with E-state index in [1.807, 2.05) is 0 Å². The molecule has 0 radical (unpaired) electrons. The molecule has 1 aromatic rings. The highest BCUT2D eigenvalue weighted by Crippen LogP contribution is 2.30. The average molecular weight is 318 g/mol. The van der Waals surface area contributed by atoms with E-state index in [-0.39, 0.29) is 11.6 Å². The molecule has 1 saturated heterocycles. The molecule has 1 aromatic heterocycles. The monoisotopic (exact) mass is 318 g/mol. The second-order valence-corrected chi connectivity index (χ2v) is 6.12. The van der Waals surface area contributed by atoms with Crippen molar-refractivity contribution in [2.45, 2.75) is 32.5 Å². The third kappa shape index (κ3) is 4.25. The molecule has 0 atom stereocenters. The van der Waals surface area contributed by atoms with Crippen molar-refractivity contribution in [1.29, 1.82) is 0 Å². The van der Waals surface area contributed by atoms with Gasteiger partial charge in [0.05, 0.1) is 0 Å². The lowest BCUT2D eigenvalue weighted by Crippen LogP contribution is -2.50. The number of nitrogens with zero attached hydrogens (tertiary/aromatic N) is 2. The summed E-state index contributed by atoms with van der Waals surface area (Å²) in [5.41, 5.74) is -0.449. The van der Waals surface area contributed by atoms with Crippen LogP contribution >= 0.6 is 0 Å². The summed E-state index contributed by atoms with van der Waals surface area (Å²) in [5, 5.41) is 3.33. The Balaban J connectivity index is 1.82. The summed E-state index contributed by atoms with van der Waals surface area (Å²) in [6.45, 7) is 6.28. The Bertz CT molecular complexity index is 567. The van der Waals surface area contributed by atoms with Gasteiger partial charge in [0.25, 0.3) is 0 Å². The van der Waals surface area contributed by atoms with E-state index in [2.05, 4.69) is 9.68 Å². The Morgan fingerprint density at radius 3 is 2.55 bits per heavy atom. The minimum absolute atomic E-state index is 0.0681. The molecule has 122 valence electrons. The van der Waals surface area contributed by atoms with Gasteiger partial charge in [-0.1, -0.05) is 11.2 Å². The maximum atomic E-state index is 12.3. The Kier molecular flexibility index (Phi) is 4.21. The van der Waals surface area contributed by atoms with Gasteiger partial charge in [-0.3, -0.25) is 0 Å². The Morgan fingerprint density at radius 2 is 2.05 bits per heavy atom. The molecule has 2 heterocycles. The standard InChI is InChI=1S/C14H17F3N2O3/c1-13(2,3)21-12(20)19-7-9(8-19)4-5-10-6-11(22-18-10)14(15,16)17/h4-6,9H,7-8H2,1-3H3. The van der Waals surface area contributed by atoms with E-state index in [1.165, 1.54) is 11.0 Å². The summed E-state index contributed by atoms with van der Waals surface area (Å²) in [4.78, 5) is 13.2. The summed E-state index contributed by atoms with van der Waals surface area (Å²) in [5.74, 6) is -1.06. The molecular weight excluding hydrogens is 301 g/mol. The number of amides is 1. The summed E-state index contributed by atoms with van der Waals surface area (Å²) >= 11 is 0. The number of hydrogen-bond acceptors (Lipinski definition) is 4. The molecule has 0 N–H and O–H groups in total. The normalized spacial score (nSPS) is 16.9. The smallest absolute Gasteiger partial charge is 0.444 e. The third-order valence-corrected chi connectivity index (χ3v) is 2.91. The highest BCUT2D eigenvalue weighted by atomic mass is 19.4. The lowest BCUT2D eigenvalue weighted by Gasteiger charge is -2.38. The molecule has 1 amide bonds. The lowest BCUT2D eigenvalue weighted by molar-refractivity contribution is -0.155. The molecule has 0 spiro atoms. The number of carbonyl (C=O) groups is 1. The number of alkyl halides is 3. The predicted molar refractivity (Wildman–Crippen MR) is 71.8 cm³/mol. The first kappa shape index (κ1) is 16.4. The van der Waals surface area contributed by atoms with Gasteiger partial charge < -0.3 is 14.2 Å². The van der Waals surface area contributed by atoms with Gasteiger partial charge in [-0.25, -0.2) is 4.79 Å². The zero-order valence-electron chi connectivity index (χ0n) is 12.5. The van der Waals surface area contributed by atoms with Gasteiger partial charge >= 0.3 is 12.3 Å². The molecule has 0 unspecified atom stereocenters. The molecule has 0 saturated carbocycles. The van der Waals surface area contributed by atoms with Gasteiger partial charge in [-0.05, 0) is 26.8 Å². The minimum Gasteiger partial charge on any atom is -0.444 e. The van der Waals surface area contributed by atoms with E-state index in [0.29, 0.717) is 13.1 Å². The summed E-state index contributed by atoms with van der Waals surface area (Å²) in [6, 6.07) is 0.834. The van der Waals surface area contributed by atoms with Crippen LogP contribution in [0.2, 0.25) is 0 Å². The number of halogens is 3. The van der Waals surface area contributed by atoms with Crippen LogP contribution < -0.4 is 0 Å². The molecule has 5 nitrogen and oxygen atoms in total. The van der Waals surface area contributed by atoms with E-state index in [1.54, 1.807) is 26.8 Å². The summed E-state index contributed by atoms with van der Waals surface area (Å²) in [7, 11) is 0. The van der Waals surface area contributed by atoms with Crippen LogP contribution in [-0.4, -0.2) is 34.8 Å². The minimum atomic E-state index is -4.54. The number of ether oxygens (including phenoxy) is 1. The first-order valence-corrected chi connectivity index (χ1v) is 6.74. The summed E-state index contributed by atoms with van der Waals surface area (Å²) in [6.07, 6.45) is -1.77. The number of carbonyl (C=O) groups excluding carboxylic acids is 1. The van der Waals surface area contributed by atoms with Gasteiger partial charge in [0, 0.05) is 25.1 Å². The third-order valence-electron chi connectivity index (χ3n) is 2.91. The molecule has 1 aliphatic heterocycles. The predicted octanol–water partition coefficient (Wildman–Crippen LogP) is 3.57. The van der Waals surface area contributed by atoms with Crippen molar-refractivity contribution in [3.8, 4) is 0 Å². The van der Waals surface area contributed by atoms with Crippen molar-refractivity contribution >= 4 is 12.2 Å². The second kappa shape index (κ2) is 5.66. The van der Waals surface area contributed by atoms with Crippen molar-refractivity contribution in [2.75, 3.05) is 13.1 Å². The van der Waals surface area contributed by atoms with E-state index < -0.39 is 23.6 Å². The lowest BCUT2D eigenvalue weighted by atomic mass is 10.00. The van der Waals surface area contributed by atoms with E-state index in [4.69, 9.17) is 4.74 Å². The number of likely N-dealkylation sites (tertiary alicyclic amines) is 1. The van der Waals surface area contributed by atoms with Crippen LogP contribution in [0, 0.1) is 5.92 Å². The topological polar surface area (TPSA) is 55.6 Å². The highest BCUT2D eigenvalue weighted by Gasteiger charge is 2.36. The first-order chi connectivity index (χ1) is 10.0. The fraction of sp³-hybridized carbons (Fsp3) is 0.571. The molecule has 0 bridgehead atoms. The summed E-state index contributed by atoms with van der Waals surface area (Å²) < 4.78 is 46.4. The largest absolute Gasteiger partial charge is 0.452 e. The maximum Gasteiger partial charge on any atom is 0.452 e. The molecule has 22 heavy (non-hydrogen) atoms. The number of aromatic nitrogens is 1. The average Bonchev–Trinajstić information content (AvgIpc) is 2.72. The second-order valence-electron chi connectivity index (χ2n) is 6.12. The Morgan fingerprint density at radius 1 is 1.41 bits per heavy atom. The van der Waals surface area contributed by atoms with E-state index in [9.17, 15) is 18.0 Å². The van der Waals surface area contributed by atoms with Crippen LogP contribution in [0.15, 0.2) is 16.7 Å². The van der Waals surface area contributed by atoms with E-state index >= 15 is 0 Å². The van der Waals surface area contributed by atoms with Crippen molar-refractivity contribution < 1.29 is 27.2 Å². The van der Waals surface area contributed by atoms with E-state index in [0.717, 1.165) is 6.07 Å². The van der Waals surface area contributed by atoms with Gasteiger partial charge in [0.1, 0.15) is 11.3 Å². The zero-order chi connectivity index (χ0) is 16.5. The van der Waals surface area contributed by atoms with Gasteiger partial charge in [0.15, 0.2) is 0 Å². The molecule has 1 aliphatic rings. The molecular formula is C14H17F3N2O3. The highest BCUT2D eigenvalue weighted by molar-refractivity contribution is 5.69. The quantitative estimate of drug-likeness (QED) is 0.836. The first-order valence-electron chi connectivity index (χ1n) is 6.74. The molecule has 8 heteroatoms. The van der Waals surface area contributed by atoms with Gasteiger partial charge in [-0.2, -0.15) is 13.2 Å². The van der Waals surface area contributed by atoms with Crippen LogP contribution in [0.1, 0.15) is 32.2 Å². The van der Waals surface area contributed by atoms with Crippen LogP contribution in [-0.2, 0) is 10.9 Å². The van der Waals surface area contributed by atoms with Crippen molar-refractivity contribution in [2.24, 2.45) is 5.92 Å². The van der Waals surface area contributed by atoms with Crippen LogP contribution in [0.5, 0.6) is 0 Å². The molecule has 2 rings (SSSR count). The number of rotatable bonds is 2. The molecule has 0 aliphatic carbocycles. The Hall–Kier alpha value is -1.99. The number of hydrogen-bond donors (Lipinski definition) is 0. The molecule has 1 fully saturated rings. The van der Waals surface area contributed by atoms with Crippen molar-refractivity contribution in [3.05, 3.63) is 23.6 Å². The van der Waals surface area contributed by atoms with Crippen LogP contribution in [0.25, 0.3) is 6.08 Å². The Labute approximate surface area is 125 Å². The van der Waals surface area contributed by atoms with Gasteiger partial charge in [0.2, 0.25) is 5.76 Å². The maximum absolute atomic E-state index is 12.3. The van der Waals surface area contributed by atoms with Gasteiger partial charge in [-0.15, -0.1) is 0 Å². The van der Waals surface area contributed by atoms with Crippen LogP contribution in [0.4, 0.5) is 18.0 Å². The van der Waals surface area contributed by atoms with Crippen molar-refractivity contribution in [1.82, 2.24) is 10.1 Å². The fourth-order valence-electron chi connectivity index (χ4n) is 1.85. The fourth-order valence-corrected chi connectivity index (χ4v) is 1.85. The molecule has 0 aromatic carbocycles. The van der Waals surface area contributed by atoms with Crippen LogP contribution in [0.3, 0.4) is 0 Å². The SMILES string of the molecule is CC(C)(C)OC(=O)N1CC(C=Cc2cc(C(F)(F)F)on2)C1.